The quantitative estimate of drug-likeness (QED) is 0.619. The average molecular weight is 387 g/mol. The van der Waals surface area contributed by atoms with Gasteiger partial charge in [-0.15, -0.1) is 0 Å². The van der Waals surface area contributed by atoms with Gasteiger partial charge in [-0.1, -0.05) is 25.1 Å². The molecule has 2 aromatic carbocycles. The predicted molar refractivity (Wildman–Crippen MR) is 105 cm³/mol. The van der Waals surface area contributed by atoms with E-state index < -0.39 is 17.4 Å². The summed E-state index contributed by atoms with van der Waals surface area (Å²) in [5.41, 5.74) is 13.2. The van der Waals surface area contributed by atoms with Crippen LogP contribution in [0.5, 0.6) is 0 Å². The monoisotopic (exact) mass is 387 g/mol. The van der Waals surface area contributed by atoms with Crippen molar-refractivity contribution in [3.8, 4) is 11.1 Å². The molecule has 1 unspecified atom stereocenters. The number of halogens is 3. The van der Waals surface area contributed by atoms with Gasteiger partial charge in [0.05, 0.1) is 11.1 Å². The fraction of sp³-hybridized carbons (Fsp3) is 0.250. The molecule has 0 spiro atoms. The van der Waals surface area contributed by atoms with Gasteiger partial charge in [-0.05, 0) is 30.2 Å². The van der Waals surface area contributed by atoms with Gasteiger partial charge in [0.1, 0.15) is 5.66 Å². The van der Waals surface area contributed by atoms with Crippen molar-refractivity contribution >= 4 is 22.5 Å². The number of aromatic nitrogens is 1. The maximum Gasteiger partial charge on any atom is 0.417 e. The number of guanidine groups is 1. The molecular weight excluding hydrogens is 367 g/mol. The number of rotatable bonds is 2. The smallest absolute Gasteiger partial charge is 0.370 e. The van der Waals surface area contributed by atoms with Gasteiger partial charge in [-0.25, -0.2) is 4.99 Å². The van der Waals surface area contributed by atoms with E-state index in [0.29, 0.717) is 23.2 Å². The molecule has 28 heavy (non-hydrogen) atoms. The fourth-order valence-corrected chi connectivity index (χ4v) is 3.92. The summed E-state index contributed by atoms with van der Waals surface area (Å²) < 4.78 is 42.8. The molecule has 0 saturated carbocycles. The SMILES string of the molecule is CCC1(N)N=C(N)Nc2cc(-c3ccccc3C(F)(F)F)c3c(ccn3C)c21. The number of hydrogen-bond donors (Lipinski definition) is 3. The molecule has 8 heteroatoms. The van der Waals surface area contributed by atoms with Crippen molar-refractivity contribution in [2.45, 2.75) is 25.2 Å². The van der Waals surface area contributed by atoms with E-state index in [4.69, 9.17) is 11.5 Å². The minimum atomic E-state index is -4.47. The van der Waals surface area contributed by atoms with E-state index >= 15 is 0 Å². The second-order valence-corrected chi connectivity index (χ2v) is 6.98. The lowest BCUT2D eigenvalue weighted by Gasteiger charge is -2.33. The lowest BCUT2D eigenvalue weighted by atomic mass is 9.87. The Hall–Kier alpha value is -3.00. The van der Waals surface area contributed by atoms with Crippen molar-refractivity contribution < 1.29 is 13.2 Å². The molecule has 4 rings (SSSR count). The van der Waals surface area contributed by atoms with Crippen molar-refractivity contribution in [2.75, 3.05) is 5.32 Å². The summed E-state index contributed by atoms with van der Waals surface area (Å²) >= 11 is 0. The second kappa shape index (κ2) is 6.00. The third-order valence-corrected chi connectivity index (χ3v) is 5.23. The van der Waals surface area contributed by atoms with Crippen LogP contribution < -0.4 is 16.8 Å². The van der Waals surface area contributed by atoms with Crippen LogP contribution in [0.1, 0.15) is 24.5 Å². The highest BCUT2D eigenvalue weighted by molar-refractivity contribution is 6.06. The van der Waals surface area contributed by atoms with Crippen LogP contribution in [0, 0.1) is 0 Å². The van der Waals surface area contributed by atoms with Crippen LogP contribution in [0.25, 0.3) is 22.0 Å². The Kier molecular flexibility index (Phi) is 3.94. The van der Waals surface area contributed by atoms with E-state index in [2.05, 4.69) is 10.3 Å². The Balaban J connectivity index is 2.11. The van der Waals surface area contributed by atoms with Gasteiger partial charge >= 0.3 is 6.18 Å². The second-order valence-electron chi connectivity index (χ2n) is 6.98. The highest BCUT2D eigenvalue weighted by atomic mass is 19.4. The van der Waals surface area contributed by atoms with Gasteiger partial charge in [0, 0.05) is 35.4 Å². The third-order valence-electron chi connectivity index (χ3n) is 5.23. The molecule has 1 aliphatic heterocycles. The molecule has 0 aliphatic carbocycles. The first-order valence-electron chi connectivity index (χ1n) is 8.86. The molecule has 5 nitrogen and oxygen atoms in total. The van der Waals surface area contributed by atoms with Crippen molar-refractivity contribution in [1.82, 2.24) is 4.57 Å². The summed E-state index contributed by atoms with van der Waals surface area (Å²) in [7, 11) is 1.80. The fourth-order valence-electron chi connectivity index (χ4n) is 3.92. The van der Waals surface area contributed by atoms with Crippen LogP contribution in [-0.4, -0.2) is 10.5 Å². The molecule has 0 saturated heterocycles. The molecule has 0 radical (unpaired) electrons. The molecule has 1 aliphatic rings. The molecule has 5 N–H and O–H groups in total. The van der Waals surface area contributed by atoms with E-state index in [1.54, 1.807) is 23.7 Å². The number of aliphatic imine (C=N–C) groups is 1. The van der Waals surface area contributed by atoms with E-state index in [1.165, 1.54) is 12.1 Å². The molecule has 2 heterocycles. The Labute approximate surface area is 159 Å². The number of hydrogen-bond acceptors (Lipinski definition) is 4. The summed E-state index contributed by atoms with van der Waals surface area (Å²) in [5, 5.41) is 3.73. The van der Waals surface area contributed by atoms with Crippen LogP contribution >= 0.6 is 0 Å². The number of nitrogens with one attached hydrogen (secondary N) is 1. The Bertz CT molecular complexity index is 1110. The molecule has 1 atom stereocenters. The Morgan fingerprint density at radius 2 is 1.89 bits per heavy atom. The van der Waals surface area contributed by atoms with Crippen molar-refractivity contribution in [1.29, 1.82) is 0 Å². The van der Waals surface area contributed by atoms with Crippen LogP contribution in [0.15, 0.2) is 47.6 Å². The first-order chi connectivity index (χ1) is 13.2. The average Bonchev–Trinajstić information content (AvgIpc) is 3.01. The molecule has 3 aromatic rings. The number of benzene rings is 2. The molecule has 146 valence electrons. The number of alkyl halides is 3. The molecule has 0 bridgehead atoms. The standard InChI is InChI=1S/C20H20F3N5/c1-3-19(25)16-12-8-9-28(2)17(12)13(10-15(16)26-18(24)27-19)11-6-4-5-7-14(11)20(21,22)23/h4-10H,3,25H2,1-2H3,(H3,24,26,27). The summed E-state index contributed by atoms with van der Waals surface area (Å²) in [6, 6.07) is 9.09. The van der Waals surface area contributed by atoms with Crippen LogP contribution in [0.2, 0.25) is 0 Å². The lowest BCUT2D eigenvalue weighted by molar-refractivity contribution is -0.137. The van der Waals surface area contributed by atoms with Gasteiger partial charge in [0.2, 0.25) is 0 Å². The highest BCUT2D eigenvalue weighted by Gasteiger charge is 2.37. The zero-order valence-corrected chi connectivity index (χ0v) is 15.4. The van der Waals surface area contributed by atoms with E-state index in [-0.39, 0.29) is 11.5 Å². The van der Waals surface area contributed by atoms with Gasteiger partial charge in [0.15, 0.2) is 5.96 Å². The Morgan fingerprint density at radius 3 is 2.57 bits per heavy atom. The number of nitrogens with zero attached hydrogens (tertiary/aromatic N) is 2. The van der Waals surface area contributed by atoms with Crippen LogP contribution in [0.4, 0.5) is 18.9 Å². The minimum absolute atomic E-state index is 0.103. The highest BCUT2D eigenvalue weighted by Crippen LogP contribution is 2.46. The van der Waals surface area contributed by atoms with E-state index in [1.807, 2.05) is 19.2 Å². The normalized spacial score (nSPS) is 19.3. The first-order valence-corrected chi connectivity index (χ1v) is 8.86. The predicted octanol–water partition coefficient (Wildman–Crippen LogP) is 4.13. The van der Waals surface area contributed by atoms with Gasteiger partial charge < -0.3 is 21.4 Å². The van der Waals surface area contributed by atoms with Crippen molar-refractivity contribution in [2.24, 2.45) is 23.5 Å². The van der Waals surface area contributed by atoms with Gasteiger partial charge in [-0.3, -0.25) is 0 Å². The molecule has 0 fully saturated rings. The van der Waals surface area contributed by atoms with Crippen molar-refractivity contribution in [3.05, 3.63) is 53.7 Å². The largest absolute Gasteiger partial charge is 0.417 e. The zero-order chi connectivity index (χ0) is 20.3. The summed E-state index contributed by atoms with van der Waals surface area (Å²) in [4.78, 5) is 4.36. The van der Waals surface area contributed by atoms with E-state index in [9.17, 15) is 13.2 Å². The Morgan fingerprint density at radius 1 is 1.18 bits per heavy atom. The van der Waals surface area contributed by atoms with Gasteiger partial charge in [0.25, 0.3) is 0 Å². The third kappa shape index (κ3) is 2.63. The zero-order valence-electron chi connectivity index (χ0n) is 15.4. The van der Waals surface area contributed by atoms with Crippen molar-refractivity contribution in [3.63, 3.8) is 0 Å². The molecular formula is C20H20F3N5. The maximum atomic E-state index is 13.7. The molecule has 0 amide bonds. The van der Waals surface area contributed by atoms with E-state index in [0.717, 1.165) is 17.0 Å². The minimum Gasteiger partial charge on any atom is -0.370 e. The van der Waals surface area contributed by atoms with Crippen LogP contribution in [-0.2, 0) is 18.9 Å². The lowest BCUT2D eigenvalue weighted by Crippen LogP contribution is -2.43. The summed E-state index contributed by atoms with van der Waals surface area (Å²) in [5.74, 6) is 0.141. The number of aryl methyl sites for hydroxylation is 1. The number of nitrogens with two attached hydrogens (primary N) is 2. The summed E-state index contributed by atoms with van der Waals surface area (Å²) in [6.45, 7) is 1.90. The van der Waals surface area contributed by atoms with Gasteiger partial charge in [-0.2, -0.15) is 13.2 Å². The number of anilines is 1. The number of fused-ring (bicyclic) bond motifs is 3. The van der Waals surface area contributed by atoms with Crippen LogP contribution in [0.3, 0.4) is 0 Å². The summed E-state index contributed by atoms with van der Waals surface area (Å²) in [6.07, 6.45) is -2.17. The topological polar surface area (TPSA) is 81.4 Å². The first kappa shape index (κ1) is 18.4. The maximum absolute atomic E-state index is 13.7. The molecule has 1 aromatic heterocycles.